The fraction of sp³-hybridized carbons (Fsp3) is 0.167. The summed E-state index contributed by atoms with van der Waals surface area (Å²) in [6.07, 6.45) is 2.92. The molecule has 10 heteroatoms. The van der Waals surface area contributed by atoms with Crippen molar-refractivity contribution < 1.29 is 23.0 Å². The number of hydrogen-bond acceptors (Lipinski definition) is 6. The highest BCUT2D eigenvalue weighted by atomic mass is 32.1. The summed E-state index contributed by atoms with van der Waals surface area (Å²) in [4.78, 5) is 16.5. The molecule has 0 aliphatic rings. The number of fused-ring (bicyclic) bond motifs is 2. The molecular formula is C30H24F2N4O3S. The van der Waals surface area contributed by atoms with Gasteiger partial charge in [-0.2, -0.15) is 5.10 Å². The molecule has 0 bridgehead atoms. The van der Waals surface area contributed by atoms with Crippen molar-refractivity contribution in [1.82, 2.24) is 20.1 Å². The lowest BCUT2D eigenvalue weighted by molar-refractivity contribution is -0.116. The van der Waals surface area contributed by atoms with E-state index in [1.165, 1.54) is 18.4 Å². The van der Waals surface area contributed by atoms with Gasteiger partial charge in [0.25, 0.3) is 0 Å². The van der Waals surface area contributed by atoms with Gasteiger partial charge in [-0.1, -0.05) is 18.6 Å². The van der Waals surface area contributed by atoms with Gasteiger partial charge in [0.05, 0.1) is 36.1 Å². The number of hydrogen-bond donors (Lipinski definition) is 1. The number of amides is 1. The third kappa shape index (κ3) is 5.30. The maximum atomic E-state index is 15.6. The minimum Gasteiger partial charge on any atom is -0.490 e. The fourth-order valence-corrected chi connectivity index (χ4v) is 5.30. The number of methoxy groups -OCH3 is 1. The molecule has 5 rings (SSSR count). The molecule has 0 saturated carbocycles. The van der Waals surface area contributed by atoms with E-state index in [2.05, 4.69) is 28.8 Å². The first-order valence-corrected chi connectivity index (χ1v) is 13.1. The maximum Gasteiger partial charge on any atom is 0.244 e. The SMILES string of the molecule is C=CC(=O)NCC#Cc1nc(-c2ccc3c(cnn3C)c2)c2ccsc2c1-c1c(F)cc(F)cc1OCCOC. The summed E-state index contributed by atoms with van der Waals surface area (Å²) in [5, 5.41) is 10.5. The number of rotatable bonds is 8. The van der Waals surface area contributed by atoms with Crippen molar-refractivity contribution in [2.75, 3.05) is 26.9 Å². The molecule has 7 nitrogen and oxygen atoms in total. The third-order valence-electron chi connectivity index (χ3n) is 6.18. The first-order chi connectivity index (χ1) is 19.4. The molecule has 0 saturated heterocycles. The van der Waals surface area contributed by atoms with Crippen molar-refractivity contribution in [2.24, 2.45) is 7.05 Å². The van der Waals surface area contributed by atoms with Gasteiger partial charge in [0.15, 0.2) is 0 Å². The monoisotopic (exact) mass is 558 g/mol. The van der Waals surface area contributed by atoms with Crippen LogP contribution in [0, 0.1) is 23.5 Å². The highest BCUT2D eigenvalue weighted by Gasteiger charge is 2.24. The van der Waals surface area contributed by atoms with Crippen LogP contribution >= 0.6 is 11.3 Å². The molecule has 5 aromatic rings. The number of benzene rings is 2. The van der Waals surface area contributed by atoms with E-state index in [1.54, 1.807) is 10.9 Å². The Hall–Kier alpha value is -4.59. The van der Waals surface area contributed by atoms with Gasteiger partial charge < -0.3 is 14.8 Å². The molecule has 0 atom stereocenters. The summed E-state index contributed by atoms with van der Waals surface area (Å²) < 4.78 is 43.2. The topological polar surface area (TPSA) is 78.3 Å². The van der Waals surface area contributed by atoms with E-state index < -0.39 is 11.6 Å². The number of ether oxygens (including phenoxy) is 2. The number of carbonyl (C=O) groups is 1. The quantitative estimate of drug-likeness (QED) is 0.155. The number of nitrogens with one attached hydrogen (secondary N) is 1. The number of pyridine rings is 1. The molecule has 3 heterocycles. The predicted octanol–water partition coefficient (Wildman–Crippen LogP) is 5.47. The van der Waals surface area contributed by atoms with Crippen LogP contribution in [0.2, 0.25) is 0 Å². The molecule has 202 valence electrons. The van der Waals surface area contributed by atoms with Crippen molar-refractivity contribution in [3.05, 3.63) is 78.0 Å². The fourth-order valence-electron chi connectivity index (χ4n) is 4.35. The lowest BCUT2D eigenvalue weighted by Crippen LogP contribution is -2.20. The van der Waals surface area contributed by atoms with Crippen molar-refractivity contribution in [2.45, 2.75) is 0 Å². The highest BCUT2D eigenvalue weighted by molar-refractivity contribution is 7.17. The first kappa shape index (κ1) is 27.0. The van der Waals surface area contributed by atoms with E-state index in [9.17, 15) is 9.18 Å². The molecule has 3 aromatic heterocycles. The lowest BCUT2D eigenvalue weighted by Gasteiger charge is -2.16. The molecule has 0 unspecified atom stereocenters. The molecule has 0 fully saturated rings. The van der Waals surface area contributed by atoms with E-state index in [-0.39, 0.29) is 42.7 Å². The Bertz CT molecular complexity index is 1820. The van der Waals surface area contributed by atoms with Crippen LogP contribution in [0.3, 0.4) is 0 Å². The molecular weight excluding hydrogens is 534 g/mol. The summed E-state index contributed by atoms with van der Waals surface area (Å²) in [5.41, 5.74) is 3.12. The number of thiophene rings is 1. The third-order valence-corrected chi connectivity index (χ3v) is 7.12. The van der Waals surface area contributed by atoms with Crippen LogP contribution in [0.1, 0.15) is 5.69 Å². The summed E-state index contributed by atoms with van der Waals surface area (Å²) in [6, 6.07) is 9.75. The average molecular weight is 559 g/mol. The van der Waals surface area contributed by atoms with Gasteiger partial charge >= 0.3 is 0 Å². The molecule has 2 aromatic carbocycles. The average Bonchev–Trinajstić information content (AvgIpc) is 3.58. The minimum atomic E-state index is -0.809. The van der Waals surface area contributed by atoms with Gasteiger partial charge in [-0.15, -0.1) is 11.3 Å². The highest BCUT2D eigenvalue weighted by Crippen LogP contribution is 2.44. The summed E-state index contributed by atoms with van der Waals surface area (Å²) in [7, 11) is 3.38. The Balaban J connectivity index is 1.75. The Kier molecular flexibility index (Phi) is 7.86. The number of nitrogens with zero attached hydrogens (tertiary/aromatic N) is 3. The van der Waals surface area contributed by atoms with Gasteiger partial charge in [0, 0.05) is 52.9 Å². The van der Waals surface area contributed by atoms with Crippen LogP contribution in [-0.4, -0.2) is 47.5 Å². The van der Waals surface area contributed by atoms with Gasteiger partial charge in [-0.05, 0) is 35.6 Å². The Morgan fingerprint density at radius 1 is 1.20 bits per heavy atom. The second-order valence-electron chi connectivity index (χ2n) is 8.71. The van der Waals surface area contributed by atoms with Crippen LogP contribution in [0.25, 0.3) is 43.4 Å². The van der Waals surface area contributed by atoms with Gasteiger partial charge in [0.1, 0.15) is 29.7 Å². The minimum absolute atomic E-state index is 0.0126. The second kappa shape index (κ2) is 11.7. The smallest absolute Gasteiger partial charge is 0.244 e. The molecule has 0 spiro atoms. The largest absolute Gasteiger partial charge is 0.490 e. The van der Waals surface area contributed by atoms with Crippen LogP contribution in [0.4, 0.5) is 8.78 Å². The van der Waals surface area contributed by atoms with E-state index in [0.717, 1.165) is 40.1 Å². The van der Waals surface area contributed by atoms with Crippen LogP contribution < -0.4 is 10.1 Å². The Morgan fingerprint density at radius 2 is 2.05 bits per heavy atom. The molecule has 0 radical (unpaired) electrons. The van der Waals surface area contributed by atoms with Gasteiger partial charge in [0.2, 0.25) is 5.91 Å². The van der Waals surface area contributed by atoms with Gasteiger partial charge in [-0.25, -0.2) is 13.8 Å². The van der Waals surface area contributed by atoms with Crippen molar-refractivity contribution in [1.29, 1.82) is 0 Å². The Morgan fingerprint density at radius 3 is 2.85 bits per heavy atom. The van der Waals surface area contributed by atoms with Crippen LogP contribution in [0.15, 0.2) is 60.6 Å². The zero-order valence-electron chi connectivity index (χ0n) is 21.8. The lowest BCUT2D eigenvalue weighted by atomic mass is 9.97. The summed E-state index contributed by atoms with van der Waals surface area (Å²) in [5.74, 6) is 3.95. The Labute approximate surface area is 233 Å². The number of aromatic nitrogens is 3. The second-order valence-corrected chi connectivity index (χ2v) is 9.63. The van der Waals surface area contributed by atoms with E-state index in [0.29, 0.717) is 16.0 Å². The molecule has 0 aliphatic carbocycles. The maximum absolute atomic E-state index is 15.6. The van der Waals surface area contributed by atoms with Crippen molar-refractivity contribution >= 4 is 38.2 Å². The summed E-state index contributed by atoms with van der Waals surface area (Å²) in [6.45, 7) is 3.78. The summed E-state index contributed by atoms with van der Waals surface area (Å²) >= 11 is 1.39. The normalized spacial score (nSPS) is 10.9. The molecule has 0 aliphatic heterocycles. The van der Waals surface area contributed by atoms with Crippen LogP contribution in [0.5, 0.6) is 5.75 Å². The number of carbonyl (C=O) groups excluding carboxylic acids is 1. The molecule has 1 N–H and O–H groups in total. The van der Waals surface area contributed by atoms with E-state index >= 15 is 4.39 Å². The van der Waals surface area contributed by atoms with Gasteiger partial charge in [-0.3, -0.25) is 9.48 Å². The first-order valence-electron chi connectivity index (χ1n) is 12.2. The van der Waals surface area contributed by atoms with E-state index in [1.807, 2.05) is 36.7 Å². The number of aryl methyl sites for hydroxylation is 1. The zero-order valence-corrected chi connectivity index (χ0v) is 22.6. The molecule has 1 amide bonds. The van der Waals surface area contributed by atoms with Crippen LogP contribution in [-0.2, 0) is 16.6 Å². The van der Waals surface area contributed by atoms with E-state index in [4.69, 9.17) is 14.5 Å². The van der Waals surface area contributed by atoms with Crippen molar-refractivity contribution in [3.8, 4) is 40.0 Å². The molecule has 40 heavy (non-hydrogen) atoms. The number of halogens is 2. The van der Waals surface area contributed by atoms with Crippen molar-refractivity contribution in [3.63, 3.8) is 0 Å². The zero-order chi connectivity index (χ0) is 28.2. The standard InChI is InChI=1S/C30H24F2N4O3S/c1-4-26(37)33-10-5-6-23-28(27-22(32)15-20(31)16-25(27)39-12-11-38-3)30-21(9-13-40-30)29(35-23)18-7-8-24-19(14-18)17-34-36(24)2/h4,7-9,13-17H,1,10-12H2,2-3H3,(H,33,37). The predicted molar refractivity (Wildman–Crippen MR) is 152 cm³/mol.